The van der Waals surface area contributed by atoms with Gasteiger partial charge in [-0.25, -0.2) is 4.39 Å². The highest BCUT2D eigenvalue weighted by molar-refractivity contribution is 9.10. The maximum atomic E-state index is 13.5. The van der Waals surface area contributed by atoms with Crippen LogP contribution in [0.5, 0.6) is 0 Å². The van der Waals surface area contributed by atoms with E-state index in [4.69, 9.17) is 11.6 Å². The molecule has 0 saturated heterocycles. The van der Waals surface area contributed by atoms with Gasteiger partial charge in [0, 0.05) is 10.6 Å². The summed E-state index contributed by atoms with van der Waals surface area (Å²) in [6.07, 6.45) is 0. The van der Waals surface area contributed by atoms with E-state index in [0.29, 0.717) is 10.6 Å². The van der Waals surface area contributed by atoms with Gasteiger partial charge in [0.1, 0.15) is 11.7 Å². The van der Waals surface area contributed by atoms with E-state index in [9.17, 15) is 14.4 Å². The maximum absolute atomic E-state index is 13.5. The highest BCUT2D eigenvalue weighted by Crippen LogP contribution is 2.27. The Kier molecular flexibility index (Phi) is 4.53. The van der Waals surface area contributed by atoms with Crippen molar-refractivity contribution in [2.75, 3.05) is 0 Å². The molecule has 0 aliphatic heterocycles. The molecule has 2 rings (SSSR count). The first-order chi connectivity index (χ1) is 9.54. The lowest BCUT2D eigenvalue weighted by atomic mass is 9.92. The molecule has 0 aromatic heterocycles. The van der Waals surface area contributed by atoms with Crippen molar-refractivity contribution in [2.45, 2.75) is 5.92 Å². The lowest BCUT2D eigenvalue weighted by molar-refractivity contribution is 0.0977. The summed E-state index contributed by atoms with van der Waals surface area (Å²) in [5.41, 5.74) is 0.671. The summed E-state index contributed by atoms with van der Waals surface area (Å²) in [5.74, 6) is -1.99. The van der Waals surface area contributed by atoms with Gasteiger partial charge in [-0.2, -0.15) is 5.26 Å². The quantitative estimate of drug-likeness (QED) is 0.749. The summed E-state index contributed by atoms with van der Waals surface area (Å²) in [6, 6.07) is 12.5. The minimum atomic E-state index is -0.995. The fraction of sp³-hybridized carbons (Fsp3) is 0.0667. The van der Waals surface area contributed by atoms with E-state index in [1.165, 1.54) is 18.2 Å². The van der Waals surface area contributed by atoms with Crippen molar-refractivity contribution < 1.29 is 9.18 Å². The fourth-order valence-electron chi connectivity index (χ4n) is 1.79. The van der Waals surface area contributed by atoms with Gasteiger partial charge in [-0.15, -0.1) is 0 Å². The molecule has 0 spiro atoms. The third-order valence-corrected chi connectivity index (χ3v) is 3.87. The molecule has 5 heteroatoms. The van der Waals surface area contributed by atoms with Crippen LogP contribution < -0.4 is 0 Å². The zero-order valence-corrected chi connectivity index (χ0v) is 12.5. The molecule has 2 nitrogen and oxygen atoms in total. The summed E-state index contributed by atoms with van der Waals surface area (Å²) in [4.78, 5) is 12.4. The van der Waals surface area contributed by atoms with Crippen LogP contribution in [0.25, 0.3) is 0 Å². The molecule has 0 bridgehead atoms. The third-order valence-electron chi connectivity index (χ3n) is 2.81. The third kappa shape index (κ3) is 2.90. The van der Waals surface area contributed by atoms with E-state index >= 15 is 0 Å². The van der Waals surface area contributed by atoms with Gasteiger partial charge < -0.3 is 0 Å². The number of halogens is 3. The van der Waals surface area contributed by atoms with Crippen molar-refractivity contribution >= 4 is 33.3 Å². The highest BCUT2D eigenvalue weighted by atomic mass is 79.9. The number of nitrogens with zero attached hydrogens (tertiary/aromatic N) is 1. The molecule has 0 fully saturated rings. The molecule has 0 aliphatic carbocycles. The second kappa shape index (κ2) is 6.17. The molecular formula is C15H8BrClFNO. The fourth-order valence-corrected chi connectivity index (χ4v) is 2.38. The Bertz CT molecular complexity index is 694. The Morgan fingerprint density at radius 2 is 1.90 bits per heavy atom. The van der Waals surface area contributed by atoms with Crippen LogP contribution in [-0.4, -0.2) is 5.78 Å². The first kappa shape index (κ1) is 14.7. The van der Waals surface area contributed by atoms with Gasteiger partial charge >= 0.3 is 0 Å². The Balaban J connectivity index is 2.42. The monoisotopic (exact) mass is 351 g/mol. The number of Topliss-reactive ketones (excluding diaryl/α,β-unsaturated/α-hetero) is 1. The SMILES string of the molecule is N#CC(C(=O)c1cccc(F)c1Br)c1ccc(Cl)cc1. The predicted molar refractivity (Wildman–Crippen MR) is 78.2 cm³/mol. The molecule has 2 aromatic rings. The lowest BCUT2D eigenvalue weighted by Gasteiger charge is -2.10. The Hall–Kier alpha value is -1.70. The Morgan fingerprint density at radius 3 is 2.50 bits per heavy atom. The predicted octanol–water partition coefficient (Wildman–Crippen LogP) is 4.73. The number of hydrogen-bond acceptors (Lipinski definition) is 2. The average molecular weight is 353 g/mol. The zero-order chi connectivity index (χ0) is 14.7. The number of benzene rings is 2. The first-order valence-electron chi connectivity index (χ1n) is 5.68. The van der Waals surface area contributed by atoms with E-state index in [1.807, 2.05) is 6.07 Å². The van der Waals surface area contributed by atoms with E-state index in [2.05, 4.69) is 15.9 Å². The van der Waals surface area contributed by atoms with Crippen molar-refractivity contribution in [3.05, 3.63) is 68.9 Å². The molecule has 0 heterocycles. The van der Waals surface area contributed by atoms with Crippen LogP contribution in [0.15, 0.2) is 46.9 Å². The highest BCUT2D eigenvalue weighted by Gasteiger charge is 2.24. The van der Waals surface area contributed by atoms with Gasteiger partial charge in [0.05, 0.1) is 10.5 Å². The van der Waals surface area contributed by atoms with Crippen LogP contribution in [0, 0.1) is 17.1 Å². The van der Waals surface area contributed by atoms with E-state index in [0.717, 1.165) is 0 Å². The van der Waals surface area contributed by atoms with E-state index in [1.54, 1.807) is 24.3 Å². The number of carbonyl (C=O) groups is 1. The van der Waals surface area contributed by atoms with E-state index < -0.39 is 17.5 Å². The van der Waals surface area contributed by atoms with Crippen molar-refractivity contribution in [3.8, 4) is 6.07 Å². The van der Waals surface area contributed by atoms with Crippen LogP contribution in [-0.2, 0) is 0 Å². The normalized spacial score (nSPS) is 11.7. The van der Waals surface area contributed by atoms with Crippen LogP contribution in [0.2, 0.25) is 5.02 Å². The molecule has 1 atom stereocenters. The molecule has 0 radical (unpaired) electrons. The molecule has 0 amide bonds. The summed E-state index contributed by atoms with van der Waals surface area (Å²) in [5, 5.41) is 9.75. The molecule has 20 heavy (non-hydrogen) atoms. The van der Waals surface area contributed by atoms with Gasteiger partial charge in [-0.1, -0.05) is 29.8 Å². The average Bonchev–Trinajstić information content (AvgIpc) is 2.44. The summed E-state index contributed by atoms with van der Waals surface area (Å²) in [7, 11) is 0. The standard InChI is InChI=1S/C15H8BrClFNO/c16-14-11(2-1-3-13(14)18)15(20)12(8-19)9-4-6-10(17)7-5-9/h1-7,12H. The van der Waals surface area contributed by atoms with Crippen LogP contribution in [0.1, 0.15) is 21.8 Å². The molecule has 2 aromatic carbocycles. The summed E-state index contributed by atoms with van der Waals surface area (Å²) in [6.45, 7) is 0. The van der Waals surface area contributed by atoms with Crippen molar-refractivity contribution in [2.24, 2.45) is 0 Å². The molecule has 1 unspecified atom stereocenters. The number of nitriles is 1. The Labute approximate surface area is 128 Å². The van der Waals surface area contributed by atoms with Gasteiger partial charge in [-0.05, 0) is 45.8 Å². The van der Waals surface area contributed by atoms with Crippen molar-refractivity contribution in [1.82, 2.24) is 0 Å². The largest absolute Gasteiger partial charge is 0.292 e. The second-order valence-corrected chi connectivity index (χ2v) is 5.31. The number of rotatable bonds is 3. The van der Waals surface area contributed by atoms with Gasteiger partial charge in [0.15, 0.2) is 5.78 Å². The summed E-state index contributed by atoms with van der Waals surface area (Å²) >= 11 is 8.81. The van der Waals surface area contributed by atoms with Gasteiger partial charge in [0.2, 0.25) is 0 Å². The van der Waals surface area contributed by atoms with Gasteiger partial charge in [-0.3, -0.25) is 4.79 Å². The maximum Gasteiger partial charge on any atom is 0.185 e. The zero-order valence-electron chi connectivity index (χ0n) is 10.1. The molecule has 100 valence electrons. The van der Waals surface area contributed by atoms with Gasteiger partial charge in [0.25, 0.3) is 0 Å². The molecular weight excluding hydrogens is 345 g/mol. The second-order valence-electron chi connectivity index (χ2n) is 4.08. The van der Waals surface area contributed by atoms with Crippen LogP contribution in [0.4, 0.5) is 4.39 Å². The molecule has 0 aliphatic rings. The number of carbonyl (C=O) groups excluding carboxylic acids is 1. The molecule has 0 N–H and O–H groups in total. The van der Waals surface area contributed by atoms with Crippen LogP contribution >= 0.6 is 27.5 Å². The summed E-state index contributed by atoms with van der Waals surface area (Å²) < 4.78 is 13.5. The van der Waals surface area contributed by atoms with Crippen molar-refractivity contribution in [3.63, 3.8) is 0 Å². The van der Waals surface area contributed by atoms with E-state index in [-0.39, 0.29) is 10.0 Å². The number of hydrogen-bond donors (Lipinski definition) is 0. The first-order valence-corrected chi connectivity index (χ1v) is 6.85. The smallest absolute Gasteiger partial charge is 0.185 e. The lowest BCUT2D eigenvalue weighted by Crippen LogP contribution is -2.12. The topological polar surface area (TPSA) is 40.9 Å². The minimum Gasteiger partial charge on any atom is -0.292 e. The molecule has 0 saturated carbocycles. The Morgan fingerprint density at radius 1 is 1.25 bits per heavy atom. The van der Waals surface area contributed by atoms with Crippen LogP contribution in [0.3, 0.4) is 0 Å². The van der Waals surface area contributed by atoms with Crippen molar-refractivity contribution in [1.29, 1.82) is 5.26 Å². The number of ketones is 1. The minimum absolute atomic E-state index is 0.0687.